The molecule has 31 heavy (non-hydrogen) atoms. The van der Waals surface area contributed by atoms with Crippen LogP contribution in [0.2, 0.25) is 0 Å². The highest BCUT2D eigenvalue weighted by molar-refractivity contribution is 7.89. The van der Waals surface area contributed by atoms with Crippen LogP contribution in [0.25, 0.3) is 0 Å². The lowest BCUT2D eigenvalue weighted by Crippen LogP contribution is -2.43. The van der Waals surface area contributed by atoms with E-state index in [0.717, 1.165) is 0 Å². The number of nitrogens with zero attached hydrogens (tertiary/aromatic N) is 2. The smallest absolute Gasteiger partial charge is 0.276 e. The Balaban J connectivity index is 1.68. The van der Waals surface area contributed by atoms with E-state index >= 15 is 0 Å². The molecule has 1 aromatic heterocycles. The van der Waals surface area contributed by atoms with E-state index in [1.165, 1.54) is 17.8 Å². The lowest BCUT2D eigenvalue weighted by molar-refractivity contribution is 0.101. The van der Waals surface area contributed by atoms with E-state index in [2.05, 4.69) is 10.0 Å². The molecule has 0 aliphatic carbocycles. The molecular weight excluding hydrogens is 461 g/mol. The molecule has 8 nitrogen and oxygen atoms in total. The molecule has 0 bridgehead atoms. The van der Waals surface area contributed by atoms with Crippen LogP contribution in [0.15, 0.2) is 23.2 Å². The molecule has 0 saturated carbocycles. The van der Waals surface area contributed by atoms with Gasteiger partial charge in [0.2, 0.25) is 10.0 Å². The van der Waals surface area contributed by atoms with Crippen molar-refractivity contribution in [1.29, 1.82) is 0 Å². The second-order valence-electron chi connectivity index (χ2n) is 7.44. The van der Waals surface area contributed by atoms with Crippen molar-refractivity contribution in [3.05, 3.63) is 41.5 Å². The third kappa shape index (κ3) is 4.00. The zero-order chi connectivity index (χ0) is 22.5. The number of nitrogens with one attached hydrogen (secondary N) is 2. The van der Waals surface area contributed by atoms with Crippen LogP contribution in [0.3, 0.4) is 0 Å². The van der Waals surface area contributed by atoms with Crippen molar-refractivity contribution in [2.24, 2.45) is 13.0 Å². The predicted octanol–water partition coefficient (Wildman–Crippen LogP) is 1.86. The van der Waals surface area contributed by atoms with Crippen LogP contribution in [0.1, 0.15) is 10.5 Å². The number of anilines is 1. The molecule has 3 heterocycles. The summed E-state index contributed by atoms with van der Waals surface area (Å²) in [4.78, 5) is 14.4. The summed E-state index contributed by atoms with van der Waals surface area (Å²) in [7, 11) is -2.60. The van der Waals surface area contributed by atoms with Crippen molar-refractivity contribution >= 4 is 33.2 Å². The molecule has 2 aromatic rings. The Hall–Kier alpha value is -2.28. The van der Waals surface area contributed by atoms with E-state index in [0.29, 0.717) is 25.2 Å². The number of hydrogen-bond acceptors (Lipinski definition) is 5. The highest BCUT2D eigenvalue weighted by Crippen LogP contribution is 2.34. The molecule has 2 unspecified atom stereocenters. The number of halogens is 4. The third-order valence-electron chi connectivity index (χ3n) is 5.28. The first-order valence-corrected chi connectivity index (χ1v) is 11.2. The summed E-state index contributed by atoms with van der Waals surface area (Å²) in [5.41, 5.74) is -0.507. The van der Waals surface area contributed by atoms with Gasteiger partial charge < -0.3 is 14.6 Å². The van der Waals surface area contributed by atoms with Gasteiger partial charge in [-0.15, -0.1) is 11.6 Å². The third-order valence-corrected chi connectivity index (χ3v) is 7.10. The van der Waals surface area contributed by atoms with E-state index in [-0.39, 0.29) is 40.6 Å². The van der Waals surface area contributed by atoms with E-state index in [1.807, 2.05) is 4.90 Å². The summed E-state index contributed by atoms with van der Waals surface area (Å²) >= 11 is 5.86. The van der Waals surface area contributed by atoms with Crippen LogP contribution in [-0.2, 0) is 17.1 Å². The summed E-state index contributed by atoms with van der Waals surface area (Å²) < 4.78 is 75.6. The number of carbonyl (C=O) groups is 1. The average molecular weight is 479 g/mol. The Morgan fingerprint density at radius 1 is 1.29 bits per heavy atom. The lowest BCUT2D eigenvalue weighted by atomic mass is 10.1. The van der Waals surface area contributed by atoms with Gasteiger partial charge in [-0.3, -0.25) is 9.69 Å². The molecule has 2 N–H and O–H groups in total. The molecular formula is C18H18ClF3N4O4S. The minimum absolute atomic E-state index is 0.123. The first-order chi connectivity index (χ1) is 14.6. The van der Waals surface area contributed by atoms with Gasteiger partial charge in [0, 0.05) is 56.1 Å². The number of benzene rings is 1. The van der Waals surface area contributed by atoms with Crippen LogP contribution in [0, 0.1) is 23.4 Å². The number of aryl methyl sites for hydroxylation is 1. The van der Waals surface area contributed by atoms with Crippen LogP contribution in [0.4, 0.5) is 18.9 Å². The molecule has 0 spiro atoms. The Morgan fingerprint density at radius 2 is 1.97 bits per heavy atom. The maximum atomic E-state index is 13.5. The number of likely N-dealkylation sites (tertiary alicyclic amines) is 1. The number of hydrogen-bond donors (Lipinski definition) is 2. The van der Waals surface area contributed by atoms with Crippen LogP contribution >= 0.6 is 11.6 Å². The summed E-state index contributed by atoms with van der Waals surface area (Å²) in [5.74, 6) is -5.88. The van der Waals surface area contributed by atoms with Crippen molar-refractivity contribution in [3.63, 3.8) is 0 Å². The molecule has 1 aromatic carbocycles. The van der Waals surface area contributed by atoms with Gasteiger partial charge in [-0.25, -0.2) is 26.3 Å². The van der Waals surface area contributed by atoms with Gasteiger partial charge >= 0.3 is 0 Å². The number of aromatic nitrogens is 1. The highest BCUT2D eigenvalue weighted by atomic mass is 35.5. The minimum atomic E-state index is -4.03. The standard InChI is InChI=1S/C18H18ClF3N4O4S/c1-25-6-14-17(16(25)18(27)23-10-2-11(20)15(22)12(21)3-10)30-7-9-4-26(8-19)5-13(9)24-31(14,28)29/h2-3,6,9,13,24H,4-5,7-8H2,1H3,(H,23,27). The Morgan fingerprint density at radius 3 is 2.61 bits per heavy atom. The van der Waals surface area contributed by atoms with Gasteiger partial charge in [0.15, 0.2) is 28.9 Å². The van der Waals surface area contributed by atoms with Crippen molar-refractivity contribution in [1.82, 2.24) is 14.2 Å². The number of carbonyl (C=O) groups excluding carboxylic acids is 1. The molecule has 2 aliphatic heterocycles. The van der Waals surface area contributed by atoms with Gasteiger partial charge in [-0.1, -0.05) is 0 Å². The molecule has 0 radical (unpaired) electrons. The second-order valence-corrected chi connectivity index (χ2v) is 9.37. The van der Waals surface area contributed by atoms with Gasteiger partial charge in [-0.05, 0) is 0 Å². The SMILES string of the molecule is Cn1cc2c(c1C(=O)Nc1cc(F)c(F)c(F)c1)OCC1CN(CCl)CC1NS2(=O)=O. The highest BCUT2D eigenvalue weighted by Gasteiger charge is 2.40. The normalized spacial score (nSPS) is 22.7. The second kappa shape index (κ2) is 8.01. The van der Waals surface area contributed by atoms with Crippen molar-refractivity contribution < 1.29 is 31.1 Å². The predicted molar refractivity (Wildman–Crippen MR) is 105 cm³/mol. The molecule has 168 valence electrons. The van der Waals surface area contributed by atoms with E-state index < -0.39 is 39.4 Å². The summed E-state index contributed by atoms with van der Waals surface area (Å²) in [6.45, 7) is 1.06. The number of rotatable bonds is 3. The number of amides is 1. The van der Waals surface area contributed by atoms with Crippen LogP contribution < -0.4 is 14.8 Å². The monoisotopic (exact) mass is 478 g/mol. The van der Waals surface area contributed by atoms with E-state index in [9.17, 15) is 26.4 Å². The molecule has 1 saturated heterocycles. The summed E-state index contributed by atoms with van der Waals surface area (Å²) in [5, 5.41) is 2.24. The summed E-state index contributed by atoms with van der Waals surface area (Å²) in [6.07, 6.45) is 1.22. The topological polar surface area (TPSA) is 92.7 Å². The van der Waals surface area contributed by atoms with E-state index in [1.54, 1.807) is 0 Å². The van der Waals surface area contributed by atoms with Gasteiger partial charge in [0.1, 0.15) is 4.90 Å². The van der Waals surface area contributed by atoms with Gasteiger partial charge in [0.25, 0.3) is 5.91 Å². The number of ether oxygens (including phenoxy) is 1. The molecule has 13 heteroatoms. The Bertz CT molecular complexity index is 1130. The molecule has 2 aliphatic rings. The van der Waals surface area contributed by atoms with Crippen LogP contribution in [-0.4, -0.2) is 55.5 Å². The largest absolute Gasteiger partial charge is 0.489 e. The maximum Gasteiger partial charge on any atom is 0.276 e. The van der Waals surface area contributed by atoms with Crippen LogP contribution in [0.5, 0.6) is 5.75 Å². The Kier molecular flexibility index (Phi) is 5.66. The molecule has 4 rings (SSSR count). The van der Waals surface area contributed by atoms with Crippen molar-refractivity contribution in [2.45, 2.75) is 10.9 Å². The fourth-order valence-electron chi connectivity index (χ4n) is 3.80. The Labute approximate surface area is 181 Å². The quantitative estimate of drug-likeness (QED) is 0.399. The maximum absolute atomic E-state index is 13.5. The van der Waals surface area contributed by atoms with Gasteiger partial charge in [-0.2, -0.15) is 0 Å². The zero-order valence-electron chi connectivity index (χ0n) is 16.2. The van der Waals surface area contributed by atoms with Crippen molar-refractivity contribution in [2.75, 3.05) is 31.0 Å². The first-order valence-electron chi connectivity index (χ1n) is 9.19. The fraction of sp³-hybridized carbons (Fsp3) is 0.389. The fourth-order valence-corrected chi connectivity index (χ4v) is 5.49. The molecule has 1 amide bonds. The van der Waals surface area contributed by atoms with E-state index in [4.69, 9.17) is 16.3 Å². The molecule has 1 fully saturated rings. The zero-order valence-corrected chi connectivity index (χ0v) is 17.7. The number of alkyl halides is 1. The molecule has 2 atom stereocenters. The number of fused-ring (bicyclic) bond motifs is 2. The number of sulfonamides is 1. The average Bonchev–Trinajstić information content (AvgIpc) is 3.23. The van der Waals surface area contributed by atoms with Crippen molar-refractivity contribution in [3.8, 4) is 5.75 Å². The summed E-state index contributed by atoms with van der Waals surface area (Å²) in [6, 6.07) is 1.07. The lowest BCUT2D eigenvalue weighted by Gasteiger charge is -2.23. The van der Waals surface area contributed by atoms with Gasteiger partial charge in [0.05, 0.1) is 12.6 Å². The minimum Gasteiger partial charge on any atom is -0.489 e. The first kappa shape index (κ1) is 21.9.